The summed E-state index contributed by atoms with van der Waals surface area (Å²) < 4.78 is 0. The summed E-state index contributed by atoms with van der Waals surface area (Å²) in [4.78, 5) is 13.4. The molecule has 4 heteroatoms. The van der Waals surface area contributed by atoms with Gasteiger partial charge in [0.2, 0.25) is 5.91 Å². The molecule has 17 heavy (non-hydrogen) atoms. The highest BCUT2D eigenvalue weighted by Gasteiger charge is 2.08. The Kier molecular flexibility index (Phi) is 5.12. The molecule has 0 aliphatic carbocycles. The van der Waals surface area contributed by atoms with E-state index in [0.717, 1.165) is 11.3 Å². The van der Waals surface area contributed by atoms with Gasteiger partial charge in [0, 0.05) is 12.2 Å². The molecule has 0 saturated heterocycles. The molecule has 4 nitrogen and oxygen atoms in total. The molecular formula is C13H20N2O2. The average Bonchev–Trinajstić information content (AvgIpc) is 2.19. The van der Waals surface area contributed by atoms with E-state index in [9.17, 15) is 9.90 Å². The largest absolute Gasteiger partial charge is 0.392 e. The molecule has 2 N–H and O–H groups in total. The summed E-state index contributed by atoms with van der Waals surface area (Å²) in [5.74, 6) is -0.0722. The number of anilines is 1. The smallest absolute Gasteiger partial charge is 0.238 e. The van der Waals surface area contributed by atoms with Crippen LogP contribution in [0.25, 0.3) is 0 Å². The normalized spacial score (nSPS) is 12.5. The molecule has 1 aromatic rings. The summed E-state index contributed by atoms with van der Waals surface area (Å²) in [6, 6.07) is 7.66. The molecule has 1 unspecified atom stereocenters. The van der Waals surface area contributed by atoms with Gasteiger partial charge in [-0.1, -0.05) is 17.7 Å². The Morgan fingerprint density at radius 2 is 2.00 bits per heavy atom. The van der Waals surface area contributed by atoms with Crippen molar-refractivity contribution in [3.8, 4) is 0 Å². The second kappa shape index (κ2) is 6.37. The van der Waals surface area contributed by atoms with Crippen LogP contribution in [-0.4, -0.2) is 42.2 Å². The average molecular weight is 236 g/mol. The Morgan fingerprint density at radius 1 is 1.41 bits per heavy atom. The molecule has 94 valence electrons. The predicted molar refractivity (Wildman–Crippen MR) is 69.0 cm³/mol. The molecule has 0 fully saturated rings. The van der Waals surface area contributed by atoms with Crippen LogP contribution < -0.4 is 5.32 Å². The summed E-state index contributed by atoms with van der Waals surface area (Å²) in [6.45, 7) is 4.47. The van der Waals surface area contributed by atoms with Gasteiger partial charge in [-0.2, -0.15) is 0 Å². The van der Waals surface area contributed by atoms with E-state index in [2.05, 4.69) is 5.32 Å². The fraction of sp³-hybridized carbons (Fsp3) is 0.462. The van der Waals surface area contributed by atoms with Crippen LogP contribution in [0.4, 0.5) is 5.69 Å². The van der Waals surface area contributed by atoms with E-state index in [0.29, 0.717) is 6.54 Å². The lowest BCUT2D eigenvalue weighted by Crippen LogP contribution is -2.34. The van der Waals surface area contributed by atoms with E-state index >= 15 is 0 Å². The van der Waals surface area contributed by atoms with Gasteiger partial charge in [0.1, 0.15) is 0 Å². The van der Waals surface area contributed by atoms with Crippen molar-refractivity contribution >= 4 is 11.6 Å². The van der Waals surface area contributed by atoms with Crippen LogP contribution in [0.3, 0.4) is 0 Å². The first-order valence-electron chi connectivity index (χ1n) is 5.70. The number of nitrogens with zero attached hydrogens (tertiary/aromatic N) is 1. The molecule has 0 aromatic heterocycles. The lowest BCUT2D eigenvalue weighted by atomic mass is 10.2. The third-order valence-corrected chi connectivity index (χ3v) is 2.32. The molecule has 0 spiro atoms. The topological polar surface area (TPSA) is 52.6 Å². The Labute approximate surface area is 102 Å². The van der Waals surface area contributed by atoms with Gasteiger partial charge < -0.3 is 10.4 Å². The van der Waals surface area contributed by atoms with Crippen molar-refractivity contribution in [3.63, 3.8) is 0 Å². The molecule has 0 bridgehead atoms. The molecule has 1 aromatic carbocycles. The molecule has 1 amide bonds. The van der Waals surface area contributed by atoms with Gasteiger partial charge in [0.15, 0.2) is 0 Å². The first-order valence-corrected chi connectivity index (χ1v) is 5.70. The van der Waals surface area contributed by atoms with Crippen LogP contribution in [0.1, 0.15) is 12.5 Å². The highest BCUT2D eigenvalue weighted by atomic mass is 16.3. The first kappa shape index (κ1) is 13.7. The SMILES string of the molecule is Cc1ccc(NC(=O)CN(C)CC(C)O)cc1. The first-order chi connectivity index (χ1) is 7.97. The number of aliphatic hydroxyl groups excluding tert-OH is 1. The van der Waals surface area contributed by atoms with Crippen molar-refractivity contribution in [2.24, 2.45) is 0 Å². The van der Waals surface area contributed by atoms with E-state index in [1.54, 1.807) is 18.9 Å². The fourth-order valence-electron chi connectivity index (χ4n) is 1.60. The predicted octanol–water partition coefficient (Wildman–Crippen LogP) is 1.25. The van der Waals surface area contributed by atoms with Crippen LogP contribution in [0.5, 0.6) is 0 Å². The zero-order chi connectivity index (χ0) is 12.8. The van der Waals surface area contributed by atoms with E-state index in [1.165, 1.54) is 0 Å². The molecule has 0 aliphatic rings. The highest BCUT2D eigenvalue weighted by Crippen LogP contribution is 2.08. The van der Waals surface area contributed by atoms with Crippen molar-refractivity contribution in [1.29, 1.82) is 0 Å². The van der Waals surface area contributed by atoms with Gasteiger partial charge >= 0.3 is 0 Å². The quantitative estimate of drug-likeness (QED) is 0.809. The van der Waals surface area contributed by atoms with Crippen molar-refractivity contribution in [1.82, 2.24) is 4.90 Å². The Balaban J connectivity index is 2.41. The number of carbonyl (C=O) groups excluding carboxylic acids is 1. The van der Waals surface area contributed by atoms with Gasteiger partial charge in [-0.15, -0.1) is 0 Å². The van der Waals surface area contributed by atoms with Gasteiger partial charge in [-0.3, -0.25) is 9.69 Å². The maximum atomic E-state index is 11.7. The number of hydrogen-bond donors (Lipinski definition) is 2. The molecule has 0 saturated carbocycles. The Bertz CT molecular complexity index is 360. The number of carbonyl (C=O) groups is 1. The number of benzene rings is 1. The summed E-state index contributed by atoms with van der Waals surface area (Å²) in [5, 5.41) is 12.0. The van der Waals surface area contributed by atoms with Crippen LogP contribution in [-0.2, 0) is 4.79 Å². The number of hydrogen-bond acceptors (Lipinski definition) is 3. The van der Waals surface area contributed by atoms with Crippen LogP contribution in [0, 0.1) is 6.92 Å². The van der Waals surface area contributed by atoms with Crippen molar-refractivity contribution in [2.45, 2.75) is 20.0 Å². The molecule has 0 aliphatic heterocycles. The van der Waals surface area contributed by atoms with Gasteiger partial charge in [-0.05, 0) is 33.0 Å². The molecule has 1 rings (SSSR count). The zero-order valence-electron chi connectivity index (χ0n) is 10.6. The van der Waals surface area contributed by atoms with Gasteiger partial charge in [0.05, 0.1) is 12.6 Å². The molecular weight excluding hydrogens is 216 g/mol. The fourth-order valence-corrected chi connectivity index (χ4v) is 1.60. The highest BCUT2D eigenvalue weighted by molar-refractivity contribution is 5.92. The van der Waals surface area contributed by atoms with Crippen LogP contribution >= 0.6 is 0 Å². The second-order valence-corrected chi connectivity index (χ2v) is 4.46. The summed E-state index contributed by atoms with van der Waals surface area (Å²) in [5.41, 5.74) is 1.96. The Morgan fingerprint density at radius 3 is 2.53 bits per heavy atom. The van der Waals surface area contributed by atoms with Crippen molar-refractivity contribution in [2.75, 3.05) is 25.5 Å². The maximum absolute atomic E-state index is 11.7. The number of aliphatic hydroxyl groups is 1. The van der Waals surface area contributed by atoms with Crippen LogP contribution in [0.15, 0.2) is 24.3 Å². The van der Waals surface area contributed by atoms with Crippen LogP contribution in [0.2, 0.25) is 0 Å². The van der Waals surface area contributed by atoms with E-state index in [4.69, 9.17) is 0 Å². The summed E-state index contributed by atoms with van der Waals surface area (Å²) in [7, 11) is 1.81. The van der Waals surface area contributed by atoms with Gasteiger partial charge in [0.25, 0.3) is 0 Å². The van der Waals surface area contributed by atoms with E-state index < -0.39 is 6.10 Å². The molecule has 0 radical (unpaired) electrons. The third-order valence-electron chi connectivity index (χ3n) is 2.32. The zero-order valence-corrected chi connectivity index (χ0v) is 10.6. The van der Waals surface area contributed by atoms with E-state index in [-0.39, 0.29) is 12.5 Å². The number of amides is 1. The number of nitrogens with one attached hydrogen (secondary N) is 1. The van der Waals surface area contributed by atoms with Crippen molar-refractivity contribution in [3.05, 3.63) is 29.8 Å². The number of aryl methyl sites for hydroxylation is 1. The minimum absolute atomic E-state index is 0.0722. The second-order valence-electron chi connectivity index (χ2n) is 4.46. The Hall–Kier alpha value is -1.39. The lowest BCUT2D eigenvalue weighted by Gasteiger charge is -2.17. The number of likely N-dealkylation sites (N-methyl/N-ethyl adjacent to an activating group) is 1. The molecule has 0 heterocycles. The summed E-state index contributed by atoms with van der Waals surface area (Å²) >= 11 is 0. The standard InChI is InChI=1S/C13H20N2O2/c1-10-4-6-12(7-5-10)14-13(17)9-15(3)8-11(2)16/h4-7,11,16H,8-9H2,1-3H3,(H,14,17). The minimum Gasteiger partial charge on any atom is -0.392 e. The molecule has 1 atom stereocenters. The number of rotatable bonds is 5. The minimum atomic E-state index is -0.424. The third kappa shape index (κ3) is 5.47. The van der Waals surface area contributed by atoms with Crippen molar-refractivity contribution < 1.29 is 9.90 Å². The summed E-state index contributed by atoms with van der Waals surface area (Å²) in [6.07, 6.45) is -0.424. The monoisotopic (exact) mass is 236 g/mol. The van der Waals surface area contributed by atoms with Gasteiger partial charge in [-0.25, -0.2) is 0 Å². The lowest BCUT2D eigenvalue weighted by molar-refractivity contribution is -0.117. The maximum Gasteiger partial charge on any atom is 0.238 e. The van der Waals surface area contributed by atoms with E-state index in [1.807, 2.05) is 31.2 Å².